The van der Waals surface area contributed by atoms with Crippen LogP contribution < -0.4 is 14.8 Å². The maximum atomic E-state index is 12.3. The minimum Gasteiger partial charge on any atom is -0.497 e. The van der Waals surface area contributed by atoms with Crippen LogP contribution in [0.5, 0.6) is 17.2 Å². The highest BCUT2D eigenvalue weighted by Gasteiger charge is 2.08. The van der Waals surface area contributed by atoms with E-state index in [1.807, 2.05) is 78.9 Å². The highest BCUT2D eigenvalue weighted by Crippen LogP contribution is 2.29. The van der Waals surface area contributed by atoms with E-state index in [9.17, 15) is 4.79 Å². The van der Waals surface area contributed by atoms with Gasteiger partial charge in [0.15, 0.2) is 5.75 Å². The van der Waals surface area contributed by atoms with Crippen molar-refractivity contribution in [2.45, 2.75) is 17.7 Å². The zero-order valence-corrected chi connectivity index (χ0v) is 16.6. The Labute approximate surface area is 169 Å². The van der Waals surface area contributed by atoms with Crippen LogP contribution in [0.2, 0.25) is 0 Å². The Morgan fingerprint density at radius 1 is 0.893 bits per heavy atom. The van der Waals surface area contributed by atoms with Gasteiger partial charge >= 0.3 is 0 Å². The highest BCUT2D eigenvalue weighted by molar-refractivity contribution is 7.99. The number of amides is 1. The number of carbonyl (C=O) groups is 1. The monoisotopic (exact) mass is 393 g/mol. The van der Waals surface area contributed by atoms with Gasteiger partial charge < -0.3 is 14.8 Å². The van der Waals surface area contributed by atoms with Gasteiger partial charge in [0.1, 0.15) is 11.5 Å². The first kappa shape index (κ1) is 19.8. The van der Waals surface area contributed by atoms with Crippen LogP contribution in [0.3, 0.4) is 0 Å². The van der Waals surface area contributed by atoms with Crippen LogP contribution in [-0.2, 0) is 4.79 Å². The van der Waals surface area contributed by atoms with Crippen molar-refractivity contribution in [3.8, 4) is 17.2 Å². The molecular formula is C23H23NO3S. The SMILES string of the molecule is COc1ccc(SCCCC(=O)Nc2ccccc2Oc2ccccc2)cc1. The molecule has 0 unspecified atom stereocenters. The zero-order valence-electron chi connectivity index (χ0n) is 15.8. The van der Waals surface area contributed by atoms with E-state index < -0.39 is 0 Å². The molecule has 5 heteroatoms. The molecule has 0 aliphatic heterocycles. The minimum absolute atomic E-state index is 0.0144. The number of ether oxygens (including phenoxy) is 2. The third-order valence-electron chi connectivity index (χ3n) is 4.01. The summed E-state index contributed by atoms with van der Waals surface area (Å²) >= 11 is 1.73. The number of anilines is 1. The van der Waals surface area contributed by atoms with Crippen molar-refractivity contribution in [2.75, 3.05) is 18.2 Å². The molecule has 0 aliphatic rings. The molecule has 0 aromatic heterocycles. The smallest absolute Gasteiger partial charge is 0.224 e. The number of carbonyl (C=O) groups excluding carboxylic acids is 1. The van der Waals surface area contributed by atoms with Crippen molar-refractivity contribution in [2.24, 2.45) is 0 Å². The second kappa shape index (κ2) is 10.4. The number of thioether (sulfide) groups is 1. The first-order valence-electron chi connectivity index (χ1n) is 9.13. The van der Waals surface area contributed by atoms with Gasteiger partial charge in [0.25, 0.3) is 0 Å². The lowest BCUT2D eigenvalue weighted by Gasteiger charge is -2.12. The molecule has 3 aromatic rings. The second-order valence-corrected chi connectivity index (χ2v) is 7.26. The van der Waals surface area contributed by atoms with Gasteiger partial charge in [-0.25, -0.2) is 0 Å². The van der Waals surface area contributed by atoms with Gasteiger partial charge in [-0.1, -0.05) is 30.3 Å². The molecule has 3 rings (SSSR count). The maximum absolute atomic E-state index is 12.3. The molecule has 0 atom stereocenters. The Hall–Kier alpha value is -2.92. The fraction of sp³-hybridized carbons (Fsp3) is 0.174. The molecule has 144 valence electrons. The van der Waals surface area contributed by atoms with Gasteiger partial charge in [-0.15, -0.1) is 11.8 Å². The third-order valence-corrected chi connectivity index (χ3v) is 5.11. The number of rotatable bonds is 9. The van der Waals surface area contributed by atoms with Gasteiger partial charge in [-0.3, -0.25) is 4.79 Å². The average molecular weight is 394 g/mol. The van der Waals surface area contributed by atoms with E-state index in [1.54, 1.807) is 18.9 Å². The number of nitrogens with one attached hydrogen (secondary N) is 1. The Balaban J connectivity index is 1.47. The summed E-state index contributed by atoms with van der Waals surface area (Å²) in [5.74, 6) is 3.08. The topological polar surface area (TPSA) is 47.6 Å². The van der Waals surface area contributed by atoms with Crippen molar-refractivity contribution in [3.63, 3.8) is 0 Å². The Kier molecular flexibility index (Phi) is 7.38. The van der Waals surface area contributed by atoms with Crippen LogP contribution >= 0.6 is 11.8 Å². The standard InChI is InChI=1S/C23H23NO3S/c1-26-18-13-15-20(16-14-18)28-17-7-12-23(25)24-21-10-5-6-11-22(21)27-19-8-3-2-4-9-19/h2-6,8-11,13-16H,7,12,17H2,1H3,(H,24,25). The zero-order chi connectivity index (χ0) is 19.6. The number of benzene rings is 3. The minimum atomic E-state index is -0.0144. The molecule has 3 aromatic carbocycles. The summed E-state index contributed by atoms with van der Waals surface area (Å²) < 4.78 is 11.0. The van der Waals surface area contributed by atoms with E-state index in [0.29, 0.717) is 17.9 Å². The molecule has 0 spiro atoms. The maximum Gasteiger partial charge on any atom is 0.224 e. The summed E-state index contributed by atoms with van der Waals surface area (Å²) in [6, 6.07) is 24.9. The molecule has 1 N–H and O–H groups in total. The summed E-state index contributed by atoms with van der Waals surface area (Å²) in [6.07, 6.45) is 1.26. The van der Waals surface area contributed by atoms with Crippen molar-refractivity contribution < 1.29 is 14.3 Å². The van der Waals surface area contributed by atoms with Crippen molar-refractivity contribution in [3.05, 3.63) is 78.9 Å². The summed E-state index contributed by atoms with van der Waals surface area (Å²) in [7, 11) is 1.66. The molecule has 4 nitrogen and oxygen atoms in total. The second-order valence-electron chi connectivity index (χ2n) is 6.09. The number of hydrogen-bond acceptors (Lipinski definition) is 4. The van der Waals surface area contributed by atoms with Crippen molar-refractivity contribution >= 4 is 23.4 Å². The van der Waals surface area contributed by atoms with E-state index in [0.717, 1.165) is 23.7 Å². The molecule has 28 heavy (non-hydrogen) atoms. The Morgan fingerprint density at radius 3 is 2.36 bits per heavy atom. The molecule has 0 saturated heterocycles. The quantitative estimate of drug-likeness (QED) is 0.358. The summed E-state index contributed by atoms with van der Waals surface area (Å²) in [6.45, 7) is 0. The van der Waals surface area contributed by atoms with E-state index in [4.69, 9.17) is 9.47 Å². The molecular weight excluding hydrogens is 370 g/mol. The average Bonchev–Trinajstić information content (AvgIpc) is 2.74. The predicted octanol–water partition coefficient (Wildman–Crippen LogP) is 6.00. The van der Waals surface area contributed by atoms with Crippen molar-refractivity contribution in [1.29, 1.82) is 0 Å². The van der Waals surface area contributed by atoms with E-state index in [-0.39, 0.29) is 5.91 Å². The van der Waals surface area contributed by atoms with Crippen LogP contribution in [0.1, 0.15) is 12.8 Å². The number of methoxy groups -OCH3 is 1. The molecule has 0 radical (unpaired) electrons. The van der Waals surface area contributed by atoms with Crippen LogP contribution in [0, 0.1) is 0 Å². The van der Waals surface area contributed by atoms with Gasteiger partial charge in [-0.2, -0.15) is 0 Å². The normalized spacial score (nSPS) is 10.3. The van der Waals surface area contributed by atoms with Gasteiger partial charge in [-0.05, 0) is 60.7 Å². The lowest BCUT2D eigenvalue weighted by Crippen LogP contribution is -2.12. The third kappa shape index (κ3) is 6.06. The first-order chi connectivity index (χ1) is 13.7. The fourth-order valence-corrected chi connectivity index (χ4v) is 3.43. The van der Waals surface area contributed by atoms with E-state index in [1.165, 1.54) is 4.90 Å². The number of para-hydroxylation sites is 3. The van der Waals surface area contributed by atoms with Gasteiger partial charge in [0, 0.05) is 11.3 Å². The summed E-state index contributed by atoms with van der Waals surface area (Å²) in [4.78, 5) is 13.5. The largest absolute Gasteiger partial charge is 0.497 e. The molecule has 0 bridgehead atoms. The van der Waals surface area contributed by atoms with Crippen molar-refractivity contribution in [1.82, 2.24) is 0 Å². The Bertz CT molecular complexity index is 882. The van der Waals surface area contributed by atoms with Crippen LogP contribution in [0.25, 0.3) is 0 Å². The van der Waals surface area contributed by atoms with Crippen LogP contribution in [-0.4, -0.2) is 18.8 Å². The predicted molar refractivity (Wildman–Crippen MR) is 115 cm³/mol. The lowest BCUT2D eigenvalue weighted by atomic mass is 10.2. The molecule has 0 heterocycles. The summed E-state index contributed by atoms with van der Waals surface area (Å²) in [5, 5.41) is 2.95. The highest BCUT2D eigenvalue weighted by atomic mass is 32.2. The molecule has 1 amide bonds. The van der Waals surface area contributed by atoms with Gasteiger partial charge in [0.2, 0.25) is 5.91 Å². The fourth-order valence-electron chi connectivity index (χ4n) is 2.58. The van der Waals surface area contributed by atoms with Crippen LogP contribution in [0.15, 0.2) is 83.8 Å². The summed E-state index contributed by atoms with van der Waals surface area (Å²) in [5.41, 5.74) is 0.680. The Morgan fingerprint density at radius 2 is 1.61 bits per heavy atom. The number of hydrogen-bond donors (Lipinski definition) is 1. The first-order valence-corrected chi connectivity index (χ1v) is 10.1. The lowest BCUT2D eigenvalue weighted by molar-refractivity contribution is -0.116. The van der Waals surface area contributed by atoms with Gasteiger partial charge in [0.05, 0.1) is 12.8 Å². The molecule has 0 aliphatic carbocycles. The van der Waals surface area contributed by atoms with E-state index >= 15 is 0 Å². The molecule has 0 fully saturated rings. The van der Waals surface area contributed by atoms with Crippen LogP contribution in [0.4, 0.5) is 5.69 Å². The van der Waals surface area contributed by atoms with E-state index in [2.05, 4.69) is 5.32 Å². The molecule has 0 saturated carbocycles.